The zero-order valence-corrected chi connectivity index (χ0v) is 9.78. The summed E-state index contributed by atoms with van der Waals surface area (Å²) in [4.78, 5) is 1.41. The summed E-state index contributed by atoms with van der Waals surface area (Å²) in [5, 5.41) is 0. The minimum absolute atomic E-state index is 0.901. The number of rotatable bonds is 4. The third kappa shape index (κ3) is 2.79. The maximum atomic E-state index is 5.22. The molecular formula is C14H16S. The Balaban J connectivity index is 1.90. The van der Waals surface area contributed by atoms with Gasteiger partial charge in [-0.2, -0.15) is 0 Å². The normalized spacial score (nSPS) is 13.5. The molecule has 0 saturated carbocycles. The van der Waals surface area contributed by atoms with Crippen LogP contribution in [0.1, 0.15) is 30.4 Å². The lowest BCUT2D eigenvalue weighted by Crippen LogP contribution is -1.84. The Bertz CT molecular complexity index is 373. The van der Waals surface area contributed by atoms with Gasteiger partial charge in [-0.3, -0.25) is 0 Å². The molecule has 1 aliphatic carbocycles. The van der Waals surface area contributed by atoms with Gasteiger partial charge in [0, 0.05) is 11.3 Å². The molecule has 0 atom stereocenters. The quantitative estimate of drug-likeness (QED) is 0.420. The second kappa shape index (κ2) is 5.28. The first-order valence-corrected chi connectivity index (χ1v) is 6.57. The second-order valence-electron chi connectivity index (χ2n) is 3.94. The zero-order chi connectivity index (χ0) is 10.5. The first-order chi connectivity index (χ1) is 7.40. The van der Waals surface area contributed by atoms with Crippen molar-refractivity contribution in [2.75, 3.05) is 5.75 Å². The van der Waals surface area contributed by atoms with Crippen LogP contribution >= 0.6 is 11.8 Å². The van der Waals surface area contributed by atoms with Crippen molar-refractivity contribution < 1.29 is 0 Å². The van der Waals surface area contributed by atoms with E-state index in [1.165, 1.54) is 24.2 Å². The average molecular weight is 216 g/mol. The minimum Gasteiger partial charge on any atom is -0.126 e. The Morgan fingerprint density at radius 2 is 2.13 bits per heavy atom. The van der Waals surface area contributed by atoms with Gasteiger partial charge in [0.15, 0.2) is 0 Å². The van der Waals surface area contributed by atoms with Crippen LogP contribution in [0.4, 0.5) is 0 Å². The van der Waals surface area contributed by atoms with Crippen LogP contribution in [-0.2, 0) is 12.8 Å². The number of benzene rings is 1. The number of unbranched alkanes of at least 4 members (excludes halogenated alkanes) is 1. The molecule has 0 amide bonds. The standard InChI is InChI=1S/C14H16S/c1-2-3-4-10-15-14-9-8-12-6-5-7-13(12)11-14/h1,8-9,11H,3-7,10H2. The number of aryl methyl sites for hydroxylation is 2. The number of terminal acetylenes is 1. The van der Waals surface area contributed by atoms with Gasteiger partial charge < -0.3 is 0 Å². The Labute approximate surface area is 96.5 Å². The van der Waals surface area contributed by atoms with Crippen LogP contribution in [0.5, 0.6) is 0 Å². The number of hydrogen-bond acceptors (Lipinski definition) is 1. The van der Waals surface area contributed by atoms with E-state index in [1.54, 1.807) is 11.1 Å². The lowest BCUT2D eigenvalue weighted by molar-refractivity contribution is 0.911. The van der Waals surface area contributed by atoms with E-state index in [0.29, 0.717) is 0 Å². The Morgan fingerprint density at radius 1 is 1.27 bits per heavy atom. The van der Waals surface area contributed by atoms with Crippen LogP contribution in [0, 0.1) is 12.3 Å². The van der Waals surface area contributed by atoms with E-state index in [2.05, 4.69) is 24.1 Å². The highest BCUT2D eigenvalue weighted by molar-refractivity contribution is 7.99. The molecule has 0 radical (unpaired) electrons. The van der Waals surface area contributed by atoms with Crippen molar-refractivity contribution in [3.05, 3.63) is 29.3 Å². The van der Waals surface area contributed by atoms with Crippen LogP contribution in [0.2, 0.25) is 0 Å². The molecule has 0 saturated heterocycles. The zero-order valence-electron chi connectivity index (χ0n) is 8.96. The molecule has 0 heterocycles. The molecule has 0 aliphatic heterocycles. The van der Waals surface area contributed by atoms with Crippen molar-refractivity contribution in [2.45, 2.75) is 37.0 Å². The summed E-state index contributed by atoms with van der Waals surface area (Å²) in [7, 11) is 0. The van der Waals surface area contributed by atoms with E-state index < -0.39 is 0 Å². The molecule has 15 heavy (non-hydrogen) atoms. The smallest absolute Gasteiger partial charge is 0.00940 e. The van der Waals surface area contributed by atoms with Crippen LogP contribution in [0.15, 0.2) is 23.1 Å². The summed E-state index contributed by atoms with van der Waals surface area (Å²) in [6, 6.07) is 6.92. The minimum atomic E-state index is 0.901. The van der Waals surface area contributed by atoms with E-state index in [9.17, 15) is 0 Å². The lowest BCUT2D eigenvalue weighted by atomic mass is 10.1. The summed E-state index contributed by atoms with van der Waals surface area (Å²) >= 11 is 1.93. The average Bonchev–Trinajstić information content (AvgIpc) is 2.71. The van der Waals surface area contributed by atoms with Crippen molar-refractivity contribution in [2.24, 2.45) is 0 Å². The molecule has 1 heteroatoms. The summed E-state index contributed by atoms with van der Waals surface area (Å²) in [5.41, 5.74) is 3.12. The third-order valence-electron chi connectivity index (χ3n) is 2.80. The van der Waals surface area contributed by atoms with Gasteiger partial charge in [-0.05, 0) is 54.7 Å². The van der Waals surface area contributed by atoms with E-state index in [1.807, 2.05) is 11.8 Å². The van der Waals surface area contributed by atoms with Gasteiger partial charge in [-0.1, -0.05) is 6.07 Å². The third-order valence-corrected chi connectivity index (χ3v) is 3.88. The highest BCUT2D eigenvalue weighted by Gasteiger charge is 2.10. The molecule has 1 aliphatic rings. The van der Waals surface area contributed by atoms with Gasteiger partial charge in [-0.15, -0.1) is 24.1 Å². The van der Waals surface area contributed by atoms with E-state index in [0.717, 1.165) is 18.6 Å². The fraction of sp³-hybridized carbons (Fsp3) is 0.429. The largest absolute Gasteiger partial charge is 0.126 e. The second-order valence-corrected chi connectivity index (χ2v) is 5.11. The first-order valence-electron chi connectivity index (χ1n) is 5.58. The van der Waals surface area contributed by atoms with Gasteiger partial charge in [0.1, 0.15) is 0 Å². The fourth-order valence-electron chi connectivity index (χ4n) is 2.00. The predicted molar refractivity (Wildman–Crippen MR) is 67.3 cm³/mol. The predicted octanol–water partition coefficient (Wildman–Crippen LogP) is 3.68. The van der Waals surface area contributed by atoms with Crippen LogP contribution < -0.4 is 0 Å². The van der Waals surface area contributed by atoms with Crippen molar-refractivity contribution in [3.8, 4) is 12.3 Å². The molecule has 0 N–H and O–H groups in total. The van der Waals surface area contributed by atoms with Crippen molar-refractivity contribution in [3.63, 3.8) is 0 Å². The molecule has 78 valence electrons. The maximum absolute atomic E-state index is 5.22. The molecule has 0 aromatic heterocycles. The molecule has 0 spiro atoms. The van der Waals surface area contributed by atoms with Crippen LogP contribution in [0.3, 0.4) is 0 Å². The molecule has 1 aromatic carbocycles. The molecule has 1 aromatic rings. The van der Waals surface area contributed by atoms with Crippen LogP contribution in [0.25, 0.3) is 0 Å². The van der Waals surface area contributed by atoms with Crippen LogP contribution in [-0.4, -0.2) is 5.75 Å². The summed E-state index contributed by atoms with van der Waals surface area (Å²) < 4.78 is 0. The Kier molecular flexibility index (Phi) is 3.75. The first kappa shape index (κ1) is 10.6. The molecular weight excluding hydrogens is 200 g/mol. The topological polar surface area (TPSA) is 0 Å². The fourth-order valence-corrected chi connectivity index (χ4v) is 2.92. The highest BCUT2D eigenvalue weighted by atomic mass is 32.2. The van der Waals surface area contributed by atoms with Crippen molar-refractivity contribution in [1.82, 2.24) is 0 Å². The number of thioether (sulfide) groups is 1. The molecule has 0 unspecified atom stereocenters. The van der Waals surface area contributed by atoms with E-state index in [4.69, 9.17) is 6.42 Å². The Morgan fingerprint density at radius 3 is 3.00 bits per heavy atom. The summed E-state index contributed by atoms with van der Waals surface area (Å²) in [6.45, 7) is 0. The molecule has 0 bridgehead atoms. The summed E-state index contributed by atoms with van der Waals surface area (Å²) in [6.07, 6.45) is 11.1. The van der Waals surface area contributed by atoms with Crippen molar-refractivity contribution in [1.29, 1.82) is 0 Å². The van der Waals surface area contributed by atoms with Gasteiger partial charge >= 0.3 is 0 Å². The van der Waals surface area contributed by atoms with Gasteiger partial charge in [0.25, 0.3) is 0 Å². The van der Waals surface area contributed by atoms with Gasteiger partial charge in [0.2, 0.25) is 0 Å². The Hall–Kier alpha value is -0.870. The summed E-state index contributed by atoms with van der Waals surface area (Å²) in [5.74, 6) is 3.82. The van der Waals surface area contributed by atoms with E-state index >= 15 is 0 Å². The van der Waals surface area contributed by atoms with Crippen molar-refractivity contribution >= 4 is 11.8 Å². The molecule has 0 nitrogen and oxygen atoms in total. The van der Waals surface area contributed by atoms with Gasteiger partial charge in [0.05, 0.1) is 0 Å². The number of fused-ring (bicyclic) bond motifs is 1. The molecule has 2 rings (SSSR count). The van der Waals surface area contributed by atoms with E-state index in [-0.39, 0.29) is 0 Å². The number of hydrogen-bond donors (Lipinski definition) is 0. The monoisotopic (exact) mass is 216 g/mol. The highest BCUT2D eigenvalue weighted by Crippen LogP contribution is 2.27. The maximum Gasteiger partial charge on any atom is 0.00940 e. The lowest BCUT2D eigenvalue weighted by Gasteiger charge is -2.03. The molecule has 0 fully saturated rings. The SMILES string of the molecule is C#CCCCSc1ccc2c(c1)CCC2. The van der Waals surface area contributed by atoms with Gasteiger partial charge in [-0.25, -0.2) is 0 Å².